The molecule has 0 aliphatic heterocycles. The van der Waals surface area contributed by atoms with Crippen LogP contribution in [0.3, 0.4) is 0 Å². The summed E-state index contributed by atoms with van der Waals surface area (Å²) in [6.07, 6.45) is -1.34. The number of nitro groups is 1. The third-order valence-corrected chi connectivity index (χ3v) is 2.12. The topological polar surface area (TPSA) is 125 Å². The van der Waals surface area contributed by atoms with Crippen LogP contribution in [0.5, 0.6) is 11.5 Å². The third kappa shape index (κ3) is 3.08. The smallest absolute Gasteiger partial charge is 0.346 e. The number of hydrogen-bond acceptors (Lipinski definition) is 6. The van der Waals surface area contributed by atoms with Crippen LogP contribution in [0, 0.1) is 10.1 Å². The van der Waals surface area contributed by atoms with Crippen LogP contribution in [-0.4, -0.2) is 35.8 Å². The molecule has 0 fully saturated rings. The molecule has 1 atom stereocenters. The lowest BCUT2D eigenvalue weighted by molar-refractivity contribution is -0.386. The molecule has 8 heteroatoms. The van der Waals surface area contributed by atoms with Crippen molar-refractivity contribution in [2.75, 3.05) is 13.7 Å². The Morgan fingerprint density at radius 2 is 2.28 bits per heavy atom. The summed E-state index contributed by atoms with van der Waals surface area (Å²) in [5, 5.41) is 19.6. The monoisotopic (exact) mass is 256 g/mol. The SMILES string of the molecule is COc1ccc(OC(CN)C(=O)O)c([N+](=O)[O-])c1. The summed E-state index contributed by atoms with van der Waals surface area (Å²) in [7, 11) is 1.36. The van der Waals surface area contributed by atoms with Gasteiger partial charge in [0.25, 0.3) is 0 Å². The average Bonchev–Trinajstić information content (AvgIpc) is 2.35. The summed E-state index contributed by atoms with van der Waals surface area (Å²) >= 11 is 0. The van der Waals surface area contributed by atoms with Crippen molar-refractivity contribution in [3.63, 3.8) is 0 Å². The van der Waals surface area contributed by atoms with E-state index in [-0.39, 0.29) is 23.7 Å². The highest BCUT2D eigenvalue weighted by Gasteiger charge is 2.23. The lowest BCUT2D eigenvalue weighted by Crippen LogP contribution is -2.34. The Balaban J connectivity index is 3.08. The van der Waals surface area contributed by atoms with Crippen molar-refractivity contribution in [3.8, 4) is 11.5 Å². The van der Waals surface area contributed by atoms with Gasteiger partial charge in [-0.3, -0.25) is 10.1 Å². The lowest BCUT2D eigenvalue weighted by Gasteiger charge is -2.13. The Labute approximate surface area is 102 Å². The molecule has 0 bridgehead atoms. The van der Waals surface area contributed by atoms with Crippen LogP contribution < -0.4 is 15.2 Å². The Bertz CT molecular complexity index is 462. The van der Waals surface area contributed by atoms with Crippen LogP contribution in [0.2, 0.25) is 0 Å². The van der Waals surface area contributed by atoms with Crippen molar-refractivity contribution in [1.82, 2.24) is 0 Å². The summed E-state index contributed by atoms with van der Waals surface area (Å²) in [4.78, 5) is 20.9. The molecule has 0 aromatic heterocycles. The summed E-state index contributed by atoms with van der Waals surface area (Å²) in [6, 6.07) is 3.84. The number of nitro benzene ring substituents is 1. The van der Waals surface area contributed by atoms with Gasteiger partial charge in [-0.2, -0.15) is 0 Å². The summed E-state index contributed by atoms with van der Waals surface area (Å²) in [6.45, 7) is -0.293. The van der Waals surface area contributed by atoms with Gasteiger partial charge in [-0.25, -0.2) is 4.79 Å². The highest BCUT2D eigenvalue weighted by Crippen LogP contribution is 2.31. The fourth-order valence-electron chi connectivity index (χ4n) is 1.22. The lowest BCUT2D eigenvalue weighted by atomic mass is 10.2. The molecule has 8 nitrogen and oxygen atoms in total. The van der Waals surface area contributed by atoms with E-state index in [1.54, 1.807) is 0 Å². The minimum absolute atomic E-state index is 0.168. The summed E-state index contributed by atoms with van der Waals surface area (Å²) < 4.78 is 9.83. The molecule has 1 unspecified atom stereocenters. The number of rotatable bonds is 6. The largest absolute Gasteiger partial charge is 0.496 e. The molecule has 0 heterocycles. The van der Waals surface area contributed by atoms with Gasteiger partial charge in [0.2, 0.25) is 6.10 Å². The Morgan fingerprint density at radius 1 is 1.61 bits per heavy atom. The molecule has 0 saturated heterocycles. The van der Waals surface area contributed by atoms with Crippen molar-refractivity contribution >= 4 is 11.7 Å². The zero-order valence-corrected chi connectivity index (χ0v) is 9.53. The van der Waals surface area contributed by atoms with Crippen LogP contribution in [0.15, 0.2) is 18.2 Å². The molecule has 0 spiro atoms. The van der Waals surface area contributed by atoms with Gasteiger partial charge in [-0.05, 0) is 12.1 Å². The Kier molecular flexibility index (Phi) is 4.44. The molecule has 0 aliphatic rings. The number of methoxy groups -OCH3 is 1. The average molecular weight is 256 g/mol. The number of carboxylic acid groups (broad SMARTS) is 1. The van der Waals surface area contributed by atoms with Crippen LogP contribution in [0.25, 0.3) is 0 Å². The first-order valence-electron chi connectivity index (χ1n) is 4.91. The van der Waals surface area contributed by atoms with Crippen molar-refractivity contribution in [3.05, 3.63) is 28.3 Å². The van der Waals surface area contributed by atoms with Crippen molar-refractivity contribution in [1.29, 1.82) is 0 Å². The maximum absolute atomic E-state index is 10.8. The van der Waals surface area contributed by atoms with Gasteiger partial charge >= 0.3 is 11.7 Å². The van der Waals surface area contributed by atoms with Crippen LogP contribution >= 0.6 is 0 Å². The first-order valence-corrected chi connectivity index (χ1v) is 4.91. The van der Waals surface area contributed by atoms with E-state index in [1.165, 1.54) is 19.2 Å². The molecule has 0 saturated carbocycles. The molecule has 0 aliphatic carbocycles. The van der Waals surface area contributed by atoms with E-state index in [9.17, 15) is 14.9 Å². The van der Waals surface area contributed by atoms with Crippen LogP contribution in [0.1, 0.15) is 0 Å². The Morgan fingerprint density at radius 3 is 2.72 bits per heavy atom. The normalized spacial score (nSPS) is 11.7. The van der Waals surface area contributed by atoms with Crippen molar-refractivity contribution < 1.29 is 24.3 Å². The van der Waals surface area contributed by atoms with Gasteiger partial charge in [0.05, 0.1) is 18.1 Å². The minimum atomic E-state index is -1.34. The summed E-state index contributed by atoms with van der Waals surface area (Å²) in [5.74, 6) is -1.19. The van der Waals surface area contributed by atoms with Crippen LogP contribution in [-0.2, 0) is 4.79 Å². The molecule has 0 radical (unpaired) electrons. The second-order valence-electron chi connectivity index (χ2n) is 3.27. The number of nitrogens with zero attached hydrogens (tertiary/aromatic N) is 1. The fourth-order valence-corrected chi connectivity index (χ4v) is 1.22. The molecular weight excluding hydrogens is 244 g/mol. The van der Waals surface area contributed by atoms with Crippen LogP contribution in [0.4, 0.5) is 5.69 Å². The zero-order chi connectivity index (χ0) is 13.7. The first kappa shape index (κ1) is 13.7. The predicted molar refractivity (Wildman–Crippen MR) is 60.8 cm³/mol. The maximum atomic E-state index is 10.8. The zero-order valence-electron chi connectivity index (χ0n) is 9.53. The van der Waals surface area contributed by atoms with Crippen molar-refractivity contribution in [2.45, 2.75) is 6.10 Å². The molecule has 18 heavy (non-hydrogen) atoms. The van der Waals surface area contributed by atoms with E-state index < -0.39 is 17.0 Å². The molecule has 1 rings (SSSR count). The molecule has 3 N–H and O–H groups in total. The third-order valence-electron chi connectivity index (χ3n) is 2.12. The van der Waals surface area contributed by atoms with Gasteiger partial charge in [0.15, 0.2) is 5.75 Å². The quantitative estimate of drug-likeness (QED) is 0.557. The van der Waals surface area contributed by atoms with E-state index in [4.69, 9.17) is 20.3 Å². The minimum Gasteiger partial charge on any atom is -0.496 e. The van der Waals surface area contributed by atoms with E-state index in [2.05, 4.69) is 0 Å². The highest BCUT2D eigenvalue weighted by molar-refractivity contribution is 5.73. The van der Waals surface area contributed by atoms with Gasteiger partial charge in [0, 0.05) is 6.54 Å². The van der Waals surface area contributed by atoms with E-state index in [0.29, 0.717) is 0 Å². The van der Waals surface area contributed by atoms with Gasteiger partial charge < -0.3 is 20.3 Å². The maximum Gasteiger partial charge on any atom is 0.346 e. The molecule has 1 aromatic carbocycles. The number of carboxylic acids is 1. The molecule has 1 aromatic rings. The number of nitrogens with two attached hydrogens (primary N) is 1. The van der Waals surface area contributed by atoms with E-state index in [0.717, 1.165) is 6.07 Å². The number of benzene rings is 1. The van der Waals surface area contributed by atoms with E-state index >= 15 is 0 Å². The Hall–Kier alpha value is -2.35. The molecular formula is C10H12N2O6. The highest BCUT2D eigenvalue weighted by atomic mass is 16.6. The number of hydrogen-bond donors (Lipinski definition) is 2. The predicted octanol–water partition coefficient (Wildman–Crippen LogP) is 0.394. The number of ether oxygens (including phenoxy) is 2. The summed E-state index contributed by atoms with van der Waals surface area (Å²) in [5.41, 5.74) is 4.82. The fraction of sp³-hybridized carbons (Fsp3) is 0.300. The number of aliphatic carboxylic acids is 1. The standard InChI is InChI=1S/C10H12N2O6/c1-17-6-2-3-8(7(4-6)12(15)16)18-9(5-11)10(13)14/h2-4,9H,5,11H2,1H3,(H,13,14). The second-order valence-corrected chi connectivity index (χ2v) is 3.27. The number of carbonyl (C=O) groups is 1. The van der Waals surface area contributed by atoms with Crippen molar-refractivity contribution in [2.24, 2.45) is 5.73 Å². The van der Waals surface area contributed by atoms with Gasteiger partial charge in [-0.1, -0.05) is 0 Å². The van der Waals surface area contributed by atoms with Gasteiger partial charge in [0.1, 0.15) is 5.75 Å². The molecule has 98 valence electrons. The van der Waals surface area contributed by atoms with Gasteiger partial charge in [-0.15, -0.1) is 0 Å². The molecule has 0 amide bonds. The second kappa shape index (κ2) is 5.82. The van der Waals surface area contributed by atoms with E-state index in [1.807, 2.05) is 0 Å². The first-order chi connectivity index (χ1) is 8.49.